The number of rotatable bonds is 1. The summed E-state index contributed by atoms with van der Waals surface area (Å²) < 4.78 is 0. The quantitative estimate of drug-likeness (QED) is 0.569. The molecule has 3 N–H and O–H groups in total. The van der Waals surface area contributed by atoms with E-state index in [-0.39, 0.29) is 12.2 Å². The van der Waals surface area contributed by atoms with Crippen molar-refractivity contribution < 1.29 is 9.90 Å². The second-order valence-corrected chi connectivity index (χ2v) is 4.06. The highest BCUT2D eigenvalue weighted by molar-refractivity contribution is 5.75. The molecule has 3 aliphatic rings. The van der Waals surface area contributed by atoms with Gasteiger partial charge in [0.05, 0.1) is 12.2 Å². The van der Waals surface area contributed by atoms with Crippen molar-refractivity contribution in [2.75, 3.05) is 0 Å². The van der Waals surface area contributed by atoms with Crippen LogP contribution in [0, 0.1) is 0 Å². The molecule has 4 heteroatoms. The van der Waals surface area contributed by atoms with E-state index in [0.717, 1.165) is 0 Å². The van der Waals surface area contributed by atoms with Crippen molar-refractivity contribution in [3.63, 3.8) is 0 Å². The maximum absolute atomic E-state index is 10.8. The van der Waals surface area contributed by atoms with Crippen LogP contribution in [0.5, 0.6) is 0 Å². The van der Waals surface area contributed by atoms with Gasteiger partial charge in [0.2, 0.25) is 0 Å². The van der Waals surface area contributed by atoms with Crippen LogP contribution in [0.25, 0.3) is 0 Å². The van der Waals surface area contributed by atoms with Crippen molar-refractivity contribution in [2.45, 2.75) is 24.7 Å². The van der Waals surface area contributed by atoms with Crippen LogP contribution in [-0.2, 0) is 4.79 Å². The van der Waals surface area contributed by atoms with Crippen molar-refractivity contribution >= 4 is 5.97 Å². The van der Waals surface area contributed by atoms with Crippen molar-refractivity contribution in [3.05, 3.63) is 35.5 Å². The van der Waals surface area contributed by atoms with Crippen molar-refractivity contribution in [1.82, 2.24) is 10.6 Å². The SMILES string of the molecule is O=C(O)C1CC2=C3C=CC=CC3NC2N1. The Balaban J connectivity index is 1.92. The number of allylic oxidation sites excluding steroid dienone is 2. The molecule has 0 aromatic carbocycles. The average Bonchev–Trinajstić information content (AvgIpc) is 2.73. The number of aliphatic carboxylic acids is 1. The van der Waals surface area contributed by atoms with E-state index < -0.39 is 12.0 Å². The highest BCUT2D eigenvalue weighted by Gasteiger charge is 2.40. The second-order valence-electron chi connectivity index (χ2n) is 4.06. The third kappa shape index (κ3) is 1.26. The van der Waals surface area contributed by atoms with Crippen LogP contribution < -0.4 is 10.6 Å². The van der Waals surface area contributed by atoms with Gasteiger partial charge in [0.15, 0.2) is 0 Å². The summed E-state index contributed by atoms with van der Waals surface area (Å²) in [6.45, 7) is 0. The van der Waals surface area contributed by atoms with E-state index >= 15 is 0 Å². The molecule has 15 heavy (non-hydrogen) atoms. The van der Waals surface area contributed by atoms with E-state index in [9.17, 15) is 4.79 Å². The first-order valence-corrected chi connectivity index (χ1v) is 5.08. The van der Waals surface area contributed by atoms with Gasteiger partial charge in [0.25, 0.3) is 0 Å². The Hall–Kier alpha value is -1.39. The van der Waals surface area contributed by atoms with E-state index in [1.165, 1.54) is 11.1 Å². The Morgan fingerprint density at radius 3 is 3.07 bits per heavy atom. The molecule has 0 amide bonds. The molecule has 1 aliphatic carbocycles. The van der Waals surface area contributed by atoms with Gasteiger partial charge in [-0.1, -0.05) is 24.3 Å². The largest absolute Gasteiger partial charge is 0.480 e. The Bertz CT molecular complexity index is 409. The highest BCUT2D eigenvalue weighted by atomic mass is 16.4. The van der Waals surface area contributed by atoms with Crippen LogP contribution in [0.4, 0.5) is 0 Å². The van der Waals surface area contributed by atoms with Crippen LogP contribution in [0.15, 0.2) is 35.5 Å². The van der Waals surface area contributed by atoms with Crippen molar-refractivity contribution in [1.29, 1.82) is 0 Å². The first-order valence-electron chi connectivity index (χ1n) is 5.08. The van der Waals surface area contributed by atoms with Gasteiger partial charge in [-0.05, 0) is 17.6 Å². The lowest BCUT2D eigenvalue weighted by atomic mass is 9.98. The molecule has 0 bridgehead atoms. The van der Waals surface area contributed by atoms with Crippen molar-refractivity contribution in [2.24, 2.45) is 0 Å². The van der Waals surface area contributed by atoms with Gasteiger partial charge in [-0.3, -0.25) is 15.4 Å². The predicted molar refractivity (Wildman–Crippen MR) is 55.2 cm³/mol. The molecular formula is C11H12N2O2. The summed E-state index contributed by atoms with van der Waals surface area (Å²) in [5.74, 6) is -0.772. The van der Waals surface area contributed by atoms with E-state index in [1.807, 2.05) is 12.2 Å². The van der Waals surface area contributed by atoms with E-state index in [2.05, 4.69) is 22.8 Å². The number of carboxylic acid groups (broad SMARTS) is 1. The Labute approximate surface area is 87.4 Å². The summed E-state index contributed by atoms with van der Waals surface area (Å²) >= 11 is 0. The molecule has 3 atom stereocenters. The number of carbonyl (C=O) groups is 1. The Morgan fingerprint density at radius 2 is 2.27 bits per heavy atom. The van der Waals surface area contributed by atoms with Gasteiger partial charge in [-0.2, -0.15) is 0 Å². The summed E-state index contributed by atoms with van der Waals surface area (Å²) in [5.41, 5.74) is 2.44. The minimum absolute atomic E-state index is 0.0403. The first-order chi connectivity index (χ1) is 7.25. The van der Waals surface area contributed by atoms with Gasteiger partial charge in [-0.15, -0.1) is 0 Å². The minimum atomic E-state index is -0.772. The smallest absolute Gasteiger partial charge is 0.321 e. The molecule has 0 radical (unpaired) electrons. The molecule has 1 fully saturated rings. The maximum atomic E-state index is 10.8. The van der Waals surface area contributed by atoms with Crippen LogP contribution in [0.3, 0.4) is 0 Å². The maximum Gasteiger partial charge on any atom is 0.321 e. The molecule has 2 heterocycles. The summed E-state index contributed by atoms with van der Waals surface area (Å²) in [6, 6.07) is -0.178. The van der Waals surface area contributed by atoms with Crippen LogP contribution >= 0.6 is 0 Å². The second kappa shape index (κ2) is 3.05. The van der Waals surface area contributed by atoms with Gasteiger partial charge >= 0.3 is 5.97 Å². The van der Waals surface area contributed by atoms with E-state index in [0.29, 0.717) is 6.42 Å². The van der Waals surface area contributed by atoms with Crippen LogP contribution in [0.2, 0.25) is 0 Å². The third-order valence-electron chi connectivity index (χ3n) is 3.18. The number of fused-ring (bicyclic) bond motifs is 2. The fraction of sp³-hybridized carbons (Fsp3) is 0.364. The number of hydrogen-bond donors (Lipinski definition) is 3. The Kier molecular flexibility index (Phi) is 1.81. The van der Waals surface area contributed by atoms with Gasteiger partial charge in [-0.25, -0.2) is 0 Å². The zero-order valence-electron chi connectivity index (χ0n) is 8.10. The van der Waals surface area contributed by atoms with Gasteiger partial charge in [0, 0.05) is 0 Å². The highest BCUT2D eigenvalue weighted by Crippen LogP contribution is 2.32. The monoisotopic (exact) mass is 204 g/mol. The average molecular weight is 204 g/mol. The summed E-state index contributed by atoms with van der Waals surface area (Å²) in [6.07, 6.45) is 8.82. The molecule has 3 rings (SSSR count). The number of carboxylic acids is 1. The fourth-order valence-electron chi connectivity index (χ4n) is 2.46. The molecule has 3 unspecified atom stereocenters. The lowest BCUT2D eigenvalue weighted by Crippen LogP contribution is -2.44. The van der Waals surface area contributed by atoms with E-state index in [1.54, 1.807) is 0 Å². The minimum Gasteiger partial charge on any atom is -0.480 e. The van der Waals surface area contributed by atoms with Crippen LogP contribution in [-0.4, -0.2) is 29.3 Å². The zero-order valence-corrected chi connectivity index (χ0v) is 8.10. The molecule has 78 valence electrons. The standard InChI is InChI=1S/C11H12N2O2/c14-11(15)9-5-7-6-3-1-2-4-8(6)12-10(7)13-9/h1-4,8-10,12-13H,5H2,(H,14,15). The predicted octanol–water partition coefficient (Wildman–Crippen LogP) is 0.153. The molecule has 0 aromatic rings. The lowest BCUT2D eigenvalue weighted by Gasteiger charge is -2.15. The summed E-state index contributed by atoms with van der Waals surface area (Å²) in [4.78, 5) is 10.8. The number of nitrogens with one attached hydrogen (secondary N) is 2. The molecule has 2 aliphatic heterocycles. The molecule has 0 aromatic heterocycles. The van der Waals surface area contributed by atoms with E-state index in [4.69, 9.17) is 5.11 Å². The fourth-order valence-corrected chi connectivity index (χ4v) is 2.46. The van der Waals surface area contributed by atoms with Gasteiger partial charge < -0.3 is 5.11 Å². The zero-order chi connectivity index (χ0) is 10.4. The molecule has 4 nitrogen and oxygen atoms in total. The summed E-state index contributed by atoms with van der Waals surface area (Å²) in [5, 5.41) is 15.3. The Morgan fingerprint density at radius 1 is 1.40 bits per heavy atom. The normalized spacial score (nSPS) is 36.9. The first kappa shape index (κ1) is 8.88. The summed E-state index contributed by atoms with van der Waals surface area (Å²) in [7, 11) is 0. The molecule has 0 spiro atoms. The topological polar surface area (TPSA) is 61.4 Å². The van der Waals surface area contributed by atoms with Crippen LogP contribution in [0.1, 0.15) is 6.42 Å². The number of hydrogen-bond acceptors (Lipinski definition) is 3. The molecular weight excluding hydrogens is 192 g/mol. The third-order valence-corrected chi connectivity index (χ3v) is 3.18. The van der Waals surface area contributed by atoms with Crippen molar-refractivity contribution in [3.8, 4) is 0 Å². The molecule has 0 saturated carbocycles. The van der Waals surface area contributed by atoms with Gasteiger partial charge in [0.1, 0.15) is 6.04 Å². The molecule has 1 saturated heterocycles. The lowest BCUT2D eigenvalue weighted by molar-refractivity contribution is -0.139.